The third-order valence-electron chi connectivity index (χ3n) is 4.44. The van der Waals surface area contributed by atoms with Crippen molar-refractivity contribution in [1.82, 2.24) is 10.2 Å². The summed E-state index contributed by atoms with van der Waals surface area (Å²) in [5.41, 5.74) is 4.86. The molecule has 2 amide bonds. The van der Waals surface area contributed by atoms with Gasteiger partial charge in [-0.15, -0.1) is 0 Å². The summed E-state index contributed by atoms with van der Waals surface area (Å²) in [4.78, 5) is 26.4. The van der Waals surface area contributed by atoms with Crippen LogP contribution in [0.1, 0.15) is 39.0 Å². The van der Waals surface area contributed by atoms with Crippen LogP contribution in [-0.2, 0) is 9.59 Å². The first kappa shape index (κ1) is 14.6. The minimum absolute atomic E-state index is 0.0270. The van der Waals surface area contributed by atoms with Crippen LogP contribution in [0.2, 0.25) is 0 Å². The normalized spacial score (nSPS) is 26.4. The molecule has 4 N–H and O–H groups in total. The molecule has 112 valence electrons. The molecule has 7 nitrogen and oxygen atoms in total. The van der Waals surface area contributed by atoms with E-state index >= 15 is 0 Å². The van der Waals surface area contributed by atoms with Gasteiger partial charge in [0, 0.05) is 13.1 Å². The van der Waals surface area contributed by atoms with Crippen molar-refractivity contribution in [2.45, 2.75) is 45.1 Å². The molecule has 0 bridgehead atoms. The summed E-state index contributed by atoms with van der Waals surface area (Å²) in [7, 11) is 0. The molecule has 1 saturated carbocycles. The van der Waals surface area contributed by atoms with Crippen molar-refractivity contribution in [3.05, 3.63) is 0 Å². The lowest BCUT2D eigenvalue weighted by atomic mass is 9.82. The summed E-state index contributed by atoms with van der Waals surface area (Å²) < 4.78 is 0. The number of nitrogens with one attached hydrogen (secondary N) is 1. The predicted octanol–water partition coefficient (Wildman–Crippen LogP) is 0.0302. The van der Waals surface area contributed by atoms with Gasteiger partial charge in [0.1, 0.15) is 11.5 Å². The van der Waals surface area contributed by atoms with Gasteiger partial charge in [-0.1, -0.05) is 24.9 Å². The van der Waals surface area contributed by atoms with E-state index in [1.807, 2.05) is 6.92 Å². The summed E-state index contributed by atoms with van der Waals surface area (Å²) in [5.74, 6) is -0.326. The third kappa shape index (κ3) is 2.21. The van der Waals surface area contributed by atoms with Crippen molar-refractivity contribution in [3.63, 3.8) is 0 Å². The fourth-order valence-corrected chi connectivity index (χ4v) is 3.29. The predicted molar refractivity (Wildman–Crippen MR) is 73.1 cm³/mol. The lowest BCUT2D eigenvalue weighted by Crippen LogP contribution is -2.61. The van der Waals surface area contributed by atoms with Crippen molar-refractivity contribution in [1.29, 1.82) is 0 Å². The van der Waals surface area contributed by atoms with Crippen molar-refractivity contribution >= 4 is 17.6 Å². The molecule has 2 fully saturated rings. The minimum atomic E-state index is -0.931. The molecule has 0 radical (unpaired) electrons. The van der Waals surface area contributed by atoms with E-state index in [1.165, 1.54) is 0 Å². The number of hydrogen-bond donors (Lipinski definition) is 3. The van der Waals surface area contributed by atoms with E-state index < -0.39 is 11.5 Å². The molecule has 0 aromatic heterocycles. The topological polar surface area (TPSA) is 108 Å². The highest BCUT2D eigenvalue weighted by Gasteiger charge is 2.49. The number of carbonyl (C=O) groups excluding carboxylic acids is 2. The van der Waals surface area contributed by atoms with E-state index in [-0.39, 0.29) is 17.6 Å². The zero-order chi connectivity index (χ0) is 14.8. The Labute approximate surface area is 118 Å². The third-order valence-corrected chi connectivity index (χ3v) is 4.44. The Bertz CT molecular complexity index is 429. The van der Waals surface area contributed by atoms with Crippen molar-refractivity contribution in [2.24, 2.45) is 16.3 Å². The van der Waals surface area contributed by atoms with Crippen LogP contribution in [0.4, 0.5) is 0 Å². The number of hydrogen-bond acceptors (Lipinski definition) is 4. The van der Waals surface area contributed by atoms with Crippen LogP contribution in [-0.4, -0.2) is 46.9 Å². The Morgan fingerprint density at radius 1 is 1.55 bits per heavy atom. The van der Waals surface area contributed by atoms with Gasteiger partial charge in [0.05, 0.1) is 0 Å². The Hall–Kier alpha value is -1.79. The average Bonchev–Trinajstić information content (AvgIpc) is 2.96. The molecule has 0 spiro atoms. The molecule has 1 saturated heterocycles. The van der Waals surface area contributed by atoms with Crippen LogP contribution >= 0.6 is 0 Å². The Morgan fingerprint density at radius 3 is 2.75 bits per heavy atom. The number of amidine groups is 1. The van der Waals surface area contributed by atoms with Gasteiger partial charge in [-0.3, -0.25) is 9.59 Å². The maximum Gasteiger partial charge on any atom is 0.242 e. The fourth-order valence-electron chi connectivity index (χ4n) is 3.29. The van der Waals surface area contributed by atoms with Crippen LogP contribution in [0.25, 0.3) is 0 Å². The largest absolute Gasteiger partial charge is 0.409 e. The Balaban J connectivity index is 2.30. The van der Waals surface area contributed by atoms with Crippen LogP contribution in [0.15, 0.2) is 5.16 Å². The molecule has 0 aromatic carbocycles. The molecule has 20 heavy (non-hydrogen) atoms. The van der Waals surface area contributed by atoms with Crippen LogP contribution < -0.4 is 11.1 Å². The van der Waals surface area contributed by atoms with E-state index in [1.54, 1.807) is 4.90 Å². The fraction of sp³-hybridized carbons (Fsp3) is 0.769. The standard InChI is InChI=1S/C13H22N4O3/c1-2-9-10(18)15-7-8-17(9)12(19)13(11(14)16-20)5-3-4-6-13/h9,20H,2-8H2,1H3,(H2,14,16)(H,15,18). The minimum Gasteiger partial charge on any atom is -0.409 e. The highest BCUT2D eigenvalue weighted by Crippen LogP contribution is 2.40. The number of rotatable bonds is 3. The first-order valence-electron chi connectivity index (χ1n) is 7.13. The molecule has 1 heterocycles. The molecule has 1 unspecified atom stereocenters. The van der Waals surface area contributed by atoms with E-state index in [0.717, 1.165) is 12.8 Å². The molecule has 0 aromatic rings. The van der Waals surface area contributed by atoms with Crippen LogP contribution in [0.5, 0.6) is 0 Å². The number of piperazine rings is 1. The Morgan fingerprint density at radius 2 is 2.20 bits per heavy atom. The Kier molecular flexibility index (Phi) is 4.15. The highest BCUT2D eigenvalue weighted by atomic mass is 16.4. The summed E-state index contributed by atoms with van der Waals surface area (Å²) in [6, 6.07) is -0.458. The number of nitrogens with zero attached hydrogens (tertiary/aromatic N) is 2. The number of oxime groups is 1. The molecular weight excluding hydrogens is 260 g/mol. The molecular formula is C13H22N4O3. The van der Waals surface area contributed by atoms with Crippen molar-refractivity contribution in [3.8, 4) is 0 Å². The van der Waals surface area contributed by atoms with Crippen molar-refractivity contribution in [2.75, 3.05) is 13.1 Å². The first-order chi connectivity index (χ1) is 9.56. The van der Waals surface area contributed by atoms with Gasteiger partial charge in [0.2, 0.25) is 11.8 Å². The van der Waals surface area contributed by atoms with E-state index in [0.29, 0.717) is 32.4 Å². The van der Waals surface area contributed by atoms with Gasteiger partial charge < -0.3 is 21.2 Å². The summed E-state index contributed by atoms with van der Waals surface area (Å²) in [5, 5.41) is 14.8. The van der Waals surface area contributed by atoms with Gasteiger partial charge in [0.25, 0.3) is 0 Å². The maximum absolute atomic E-state index is 12.9. The van der Waals surface area contributed by atoms with E-state index in [9.17, 15) is 9.59 Å². The second-order valence-corrected chi connectivity index (χ2v) is 5.49. The molecule has 1 aliphatic heterocycles. The van der Waals surface area contributed by atoms with Gasteiger partial charge in [-0.05, 0) is 19.3 Å². The molecule has 2 rings (SSSR count). The first-order valence-corrected chi connectivity index (χ1v) is 7.13. The summed E-state index contributed by atoms with van der Waals surface area (Å²) >= 11 is 0. The smallest absolute Gasteiger partial charge is 0.242 e. The number of amides is 2. The van der Waals surface area contributed by atoms with E-state index in [4.69, 9.17) is 10.9 Å². The molecule has 2 aliphatic rings. The zero-order valence-electron chi connectivity index (χ0n) is 11.8. The lowest BCUT2D eigenvalue weighted by Gasteiger charge is -2.40. The van der Waals surface area contributed by atoms with Crippen LogP contribution in [0.3, 0.4) is 0 Å². The number of carbonyl (C=O) groups is 2. The zero-order valence-corrected chi connectivity index (χ0v) is 11.8. The second-order valence-electron chi connectivity index (χ2n) is 5.49. The van der Waals surface area contributed by atoms with Crippen molar-refractivity contribution < 1.29 is 14.8 Å². The average molecular weight is 282 g/mol. The lowest BCUT2D eigenvalue weighted by molar-refractivity contribution is -0.148. The second kappa shape index (κ2) is 5.68. The van der Waals surface area contributed by atoms with Gasteiger partial charge in [-0.25, -0.2) is 0 Å². The highest BCUT2D eigenvalue weighted by molar-refractivity contribution is 6.08. The molecule has 1 atom stereocenters. The quantitative estimate of drug-likeness (QED) is 0.294. The maximum atomic E-state index is 12.9. The SMILES string of the molecule is CCC1C(=O)NCCN1C(=O)C1(C(N)=NO)CCCC1. The van der Waals surface area contributed by atoms with Crippen LogP contribution in [0, 0.1) is 5.41 Å². The van der Waals surface area contributed by atoms with Gasteiger partial charge in [0.15, 0.2) is 5.84 Å². The number of nitrogens with two attached hydrogens (primary N) is 1. The van der Waals surface area contributed by atoms with E-state index in [2.05, 4.69) is 10.5 Å². The van der Waals surface area contributed by atoms with Gasteiger partial charge in [-0.2, -0.15) is 0 Å². The summed E-state index contributed by atoms with van der Waals surface area (Å²) in [6.45, 7) is 2.80. The summed E-state index contributed by atoms with van der Waals surface area (Å²) in [6.07, 6.45) is 3.47. The molecule has 7 heteroatoms. The molecule has 1 aliphatic carbocycles. The monoisotopic (exact) mass is 282 g/mol. The van der Waals surface area contributed by atoms with Gasteiger partial charge >= 0.3 is 0 Å².